The molecule has 1 aliphatic carbocycles. The van der Waals surface area contributed by atoms with E-state index in [1.807, 2.05) is 0 Å². The summed E-state index contributed by atoms with van der Waals surface area (Å²) in [6.07, 6.45) is 7.21. The minimum atomic E-state index is -0.590. The second kappa shape index (κ2) is 5.67. The number of hydrogen-bond donors (Lipinski definition) is 1. The fourth-order valence-electron chi connectivity index (χ4n) is 4.98. The molecule has 0 bridgehead atoms. The molecular weight excluding hydrogens is 250 g/mol. The molecule has 1 saturated carbocycles. The first-order chi connectivity index (χ1) is 9.31. The van der Waals surface area contributed by atoms with Crippen LogP contribution in [0.4, 0.5) is 0 Å². The second-order valence-electron chi connectivity index (χ2n) is 7.95. The Bertz CT molecular complexity index is 366. The van der Waals surface area contributed by atoms with Gasteiger partial charge in [0, 0.05) is 6.04 Å². The van der Waals surface area contributed by atoms with Crippen molar-refractivity contribution in [2.45, 2.75) is 84.2 Å². The van der Waals surface area contributed by atoms with Gasteiger partial charge in [-0.3, -0.25) is 9.69 Å². The molecule has 0 aromatic rings. The van der Waals surface area contributed by atoms with Crippen LogP contribution in [0, 0.1) is 11.3 Å². The molecule has 1 N–H and O–H groups in total. The van der Waals surface area contributed by atoms with Crippen LogP contribution >= 0.6 is 0 Å². The highest BCUT2D eigenvalue weighted by molar-refractivity contribution is 5.79. The van der Waals surface area contributed by atoms with E-state index in [0.717, 1.165) is 38.6 Å². The van der Waals surface area contributed by atoms with Gasteiger partial charge in [0.15, 0.2) is 0 Å². The summed E-state index contributed by atoms with van der Waals surface area (Å²) >= 11 is 0. The third-order valence-corrected chi connectivity index (χ3v) is 5.41. The zero-order valence-electron chi connectivity index (χ0n) is 13.6. The minimum Gasteiger partial charge on any atom is -0.480 e. The Morgan fingerprint density at radius 3 is 2.60 bits per heavy atom. The van der Waals surface area contributed by atoms with Gasteiger partial charge in [-0.15, -0.1) is 0 Å². The number of aliphatic carboxylic acids is 1. The highest BCUT2D eigenvalue weighted by Crippen LogP contribution is 2.45. The van der Waals surface area contributed by atoms with Gasteiger partial charge in [-0.25, -0.2) is 0 Å². The summed E-state index contributed by atoms with van der Waals surface area (Å²) in [5.74, 6) is 0.116. The fourth-order valence-corrected chi connectivity index (χ4v) is 4.98. The molecule has 0 amide bonds. The van der Waals surface area contributed by atoms with Crippen molar-refractivity contribution in [1.82, 2.24) is 4.90 Å². The molecule has 0 spiro atoms. The van der Waals surface area contributed by atoms with Crippen molar-refractivity contribution < 1.29 is 9.90 Å². The van der Waals surface area contributed by atoms with Crippen molar-refractivity contribution in [3.63, 3.8) is 0 Å². The number of carbonyl (C=O) groups is 1. The third kappa shape index (κ3) is 2.88. The molecular formula is C17H31NO2. The van der Waals surface area contributed by atoms with Gasteiger partial charge >= 0.3 is 5.97 Å². The van der Waals surface area contributed by atoms with Gasteiger partial charge in [0.1, 0.15) is 5.54 Å². The predicted octanol–water partition coefficient (Wildman–Crippen LogP) is 3.92. The molecule has 3 heteroatoms. The zero-order valence-corrected chi connectivity index (χ0v) is 13.6. The van der Waals surface area contributed by atoms with Gasteiger partial charge in [-0.05, 0) is 56.4 Å². The lowest BCUT2D eigenvalue weighted by Crippen LogP contribution is -2.56. The lowest BCUT2D eigenvalue weighted by Gasteiger charge is -2.47. The van der Waals surface area contributed by atoms with Crippen LogP contribution in [0.15, 0.2) is 0 Å². The fraction of sp³-hybridized carbons (Fsp3) is 0.941. The van der Waals surface area contributed by atoms with E-state index in [1.165, 1.54) is 12.8 Å². The molecule has 0 aromatic heterocycles. The maximum Gasteiger partial charge on any atom is 0.324 e. The van der Waals surface area contributed by atoms with Crippen LogP contribution in [0.3, 0.4) is 0 Å². The van der Waals surface area contributed by atoms with Crippen molar-refractivity contribution in [3.05, 3.63) is 0 Å². The normalized spacial score (nSPS) is 38.0. The van der Waals surface area contributed by atoms with Crippen LogP contribution in [0.1, 0.15) is 72.6 Å². The molecule has 116 valence electrons. The van der Waals surface area contributed by atoms with Gasteiger partial charge in [0.05, 0.1) is 0 Å². The molecule has 1 saturated heterocycles. The minimum absolute atomic E-state index is 0.349. The number of likely N-dealkylation sites (tertiary alicyclic amines) is 1. The number of carboxylic acid groups (broad SMARTS) is 1. The van der Waals surface area contributed by atoms with E-state index >= 15 is 0 Å². The maximum absolute atomic E-state index is 12.0. The molecule has 0 radical (unpaired) electrons. The highest BCUT2D eigenvalue weighted by atomic mass is 16.4. The summed E-state index contributed by atoms with van der Waals surface area (Å²) in [7, 11) is 0. The third-order valence-electron chi connectivity index (χ3n) is 5.41. The van der Waals surface area contributed by atoms with Crippen LogP contribution in [0.25, 0.3) is 0 Å². The SMILES string of the molecule is CCCC1(C(=O)O)CCCN1C1CC(C)CC(C)(C)C1. The Hall–Kier alpha value is -0.570. The van der Waals surface area contributed by atoms with Crippen molar-refractivity contribution in [2.75, 3.05) is 6.54 Å². The van der Waals surface area contributed by atoms with E-state index in [2.05, 4.69) is 32.6 Å². The smallest absolute Gasteiger partial charge is 0.324 e. The summed E-state index contributed by atoms with van der Waals surface area (Å²) in [4.78, 5) is 14.3. The van der Waals surface area contributed by atoms with Gasteiger partial charge < -0.3 is 5.11 Å². The van der Waals surface area contributed by atoms with E-state index in [-0.39, 0.29) is 0 Å². The topological polar surface area (TPSA) is 40.5 Å². The van der Waals surface area contributed by atoms with Gasteiger partial charge in [0.2, 0.25) is 0 Å². The summed E-state index contributed by atoms with van der Waals surface area (Å²) in [5.41, 5.74) is -0.228. The van der Waals surface area contributed by atoms with Crippen LogP contribution in [0.5, 0.6) is 0 Å². The molecule has 2 fully saturated rings. The summed E-state index contributed by atoms with van der Waals surface area (Å²) in [5, 5.41) is 9.85. The Morgan fingerprint density at radius 2 is 2.05 bits per heavy atom. The molecule has 0 aromatic carbocycles. The number of nitrogens with zero attached hydrogens (tertiary/aromatic N) is 1. The predicted molar refractivity (Wildman–Crippen MR) is 81.8 cm³/mol. The van der Waals surface area contributed by atoms with Gasteiger partial charge in [-0.1, -0.05) is 34.1 Å². The average Bonchev–Trinajstić information content (AvgIpc) is 2.71. The summed E-state index contributed by atoms with van der Waals surface area (Å²) in [6.45, 7) is 10.1. The van der Waals surface area contributed by atoms with Crippen molar-refractivity contribution in [2.24, 2.45) is 11.3 Å². The van der Waals surface area contributed by atoms with Gasteiger partial charge in [0.25, 0.3) is 0 Å². The van der Waals surface area contributed by atoms with E-state index in [4.69, 9.17) is 0 Å². The quantitative estimate of drug-likeness (QED) is 0.849. The molecule has 3 nitrogen and oxygen atoms in total. The Labute approximate surface area is 123 Å². The molecule has 20 heavy (non-hydrogen) atoms. The number of carboxylic acids is 1. The van der Waals surface area contributed by atoms with Crippen LogP contribution in [-0.2, 0) is 4.79 Å². The number of hydrogen-bond acceptors (Lipinski definition) is 2. The molecule has 3 unspecified atom stereocenters. The van der Waals surface area contributed by atoms with Crippen molar-refractivity contribution in [3.8, 4) is 0 Å². The molecule has 2 aliphatic rings. The average molecular weight is 281 g/mol. The molecule has 2 rings (SSSR count). The van der Waals surface area contributed by atoms with Crippen molar-refractivity contribution >= 4 is 5.97 Å². The Kier molecular flexibility index (Phi) is 4.48. The lowest BCUT2D eigenvalue weighted by atomic mass is 9.69. The Balaban J connectivity index is 2.23. The van der Waals surface area contributed by atoms with E-state index in [0.29, 0.717) is 17.4 Å². The Morgan fingerprint density at radius 1 is 1.35 bits per heavy atom. The monoisotopic (exact) mass is 281 g/mol. The molecule has 1 heterocycles. The number of rotatable bonds is 4. The van der Waals surface area contributed by atoms with E-state index in [9.17, 15) is 9.90 Å². The largest absolute Gasteiger partial charge is 0.480 e. The first-order valence-corrected chi connectivity index (χ1v) is 8.31. The molecule has 3 atom stereocenters. The second-order valence-corrected chi connectivity index (χ2v) is 7.95. The zero-order chi connectivity index (χ0) is 15.0. The highest BCUT2D eigenvalue weighted by Gasteiger charge is 2.51. The summed E-state index contributed by atoms with van der Waals surface area (Å²) in [6, 6.07) is 0.457. The van der Waals surface area contributed by atoms with Gasteiger partial charge in [-0.2, -0.15) is 0 Å². The molecule has 1 aliphatic heterocycles. The van der Waals surface area contributed by atoms with Crippen molar-refractivity contribution in [1.29, 1.82) is 0 Å². The first-order valence-electron chi connectivity index (χ1n) is 8.31. The van der Waals surface area contributed by atoms with Crippen LogP contribution in [0.2, 0.25) is 0 Å². The standard InChI is InChI=1S/C17H31NO2/c1-5-7-17(15(19)20)8-6-9-18(17)14-10-13(2)11-16(3,4)12-14/h13-14H,5-12H2,1-4H3,(H,19,20). The van der Waals surface area contributed by atoms with Crippen LogP contribution < -0.4 is 0 Å². The lowest BCUT2D eigenvalue weighted by molar-refractivity contribution is -0.153. The van der Waals surface area contributed by atoms with E-state index < -0.39 is 11.5 Å². The van der Waals surface area contributed by atoms with E-state index in [1.54, 1.807) is 0 Å². The first kappa shape index (κ1) is 15.8. The maximum atomic E-state index is 12.0. The van der Waals surface area contributed by atoms with Crippen LogP contribution in [-0.4, -0.2) is 34.1 Å². The summed E-state index contributed by atoms with van der Waals surface area (Å²) < 4.78 is 0.